The van der Waals surface area contributed by atoms with Gasteiger partial charge in [-0.2, -0.15) is 0 Å². The molecule has 120 valence electrons. The van der Waals surface area contributed by atoms with Crippen LogP contribution in [-0.2, 0) is 6.54 Å². The lowest BCUT2D eigenvalue weighted by Crippen LogP contribution is -2.46. The van der Waals surface area contributed by atoms with Crippen molar-refractivity contribution in [1.29, 1.82) is 0 Å². The van der Waals surface area contributed by atoms with Crippen molar-refractivity contribution in [3.63, 3.8) is 0 Å². The van der Waals surface area contributed by atoms with E-state index in [1.54, 1.807) is 12.3 Å². The number of hydrogen-bond acceptors (Lipinski definition) is 4. The maximum Gasteiger partial charge on any atom is 0.410 e. The standard InChI is InChI=1S/C17H20N4O2/c22-17(23)19-16-12-15(6-7-18-16)21-10-8-20(9-11-21)13-14-4-2-1-3-5-14/h1-7,12H,8-11,13H2,(H,18,19)(H,22,23). The van der Waals surface area contributed by atoms with E-state index in [4.69, 9.17) is 5.11 Å². The maximum atomic E-state index is 10.7. The molecule has 0 bridgehead atoms. The molecule has 0 atom stereocenters. The van der Waals surface area contributed by atoms with E-state index in [1.165, 1.54) is 5.56 Å². The minimum absolute atomic E-state index is 0.363. The number of rotatable bonds is 4. The smallest absolute Gasteiger partial charge is 0.410 e. The molecule has 2 aromatic rings. The summed E-state index contributed by atoms with van der Waals surface area (Å²) in [6.45, 7) is 4.78. The summed E-state index contributed by atoms with van der Waals surface area (Å²) < 4.78 is 0. The predicted molar refractivity (Wildman–Crippen MR) is 89.8 cm³/mol. The Morgan fingerprint density at radius 1 is 1.13 bits per heavy atom. The van der Waals surface area contributed by atoms with Crippen molar-refractivity contribution in [2.75, 3.05) is 36.4 Å². The number of hydrogen-bond donors (Lipinski definition) is 2. The molecule has 0 radical (unpaired) electrons. The fourth-order valence-electron chi connectivity index (χ4n) is 2.80. The van der Waals surface area contributed by atoms with Gasteiger partial charge < -0.3 is 10.0 Å². The van der Waals surface area contributed by atoms with Crippen LogP contribution in [0.25, 0.3) is 0 Å². The normalized spacial score (nSPS) is 15.4. The highest BCUT2D eigenvalue weighted by molar-refractivity contribution is 5.82. The molecule has 2 N–H and O–H groups in total. The molecule has 1 aliphatic rings. The van der Waals surface area contributed by atoms with Crippen molar-refractivity contribution < 1.29 is 9.90 Å². The van der Waals surface area contributed by atoms with Crippen LogP contribution in [-0.4, -0.2) is 47.3 Å². The quantitative estimate of drug-likeness (QED) is 0.908. The molecule has 0 aliphatic carbocycles. The van der Waals surface area contributed by atoms with Gasteiger partial charge >= 0.3 is 6.09 Å². The SMILES string of the molecule is O=C(O)Nc1cc(N2CCN(Cc3ccccc3)CC2)ccn1. The molecule has 1 saturated heterocycles. The molecule has 0 saturated carbocycles. The van der Waals surface area contributed by atoms with Gasteiger partial charge in [0.15, 0.2) is 0 Å². The zero-order valence-electron chi connectivity index (χ0n) is 12.9. The highest BCUT2D eigenvalue weighted by Crippen LogP contribution is 2.19. The first-order valence-corrected chi connectivity index (χ1v) is 7.68. The van der Waals surface area contributed by atoms with Gasteiger partial charge in [0, 0.05) is 50.7 Å². The lowest BCUT2D eigenvalue weighted by molar-refractivity contribution is 0.209. The molecule has 1 fully saturated rings. The highest BCUT2D eigenvalue weighted by Gasteiger charge is 2.17. The Bertz CT molecular complexity index is 655. The van der Waals surface area contributed by atoms with E-state index in [2.05, 4.69) is 44.4 Å². The van der Waals surface area contributed by atoms with Crippen LogP contribution in [0, 0.1) is 0 Å². The summed E-state index contributed by atoms with van der Waals surface area (Å²) in [5.74, 6) is 0.363. The fourth-order valence-corrected chi connectivity index (χ4v) is 2.80. The van der Waals surface area contributed by atoms with E-state index < -0.39 is 6.09 Å². The van der Waals surface area contributed by atoms with Crippen LogP contribution in [0.3, 0.4) is 0 Å². The minimum Gasteiger partial charge on any atom is -0.465 e. The monoisotopic (exact) mass is 312 g/mol. The highest BCUT2D eigenvalue weighted by atomic mass is 16.4. The van der Waals surface area contributed by atoms with Crippen LogP contribution in [0.2, 0.25) is 0 Å². The number of amides is 1. The van der Waals surface area contributed by atoms with E-state index in [0.29, 0.717) is 5.82 Å². The summed E-state index contributed by atoms with van der Waals surface area (Å²) in [6, 6.07) is 14.2. The van der Waals surface area contributed by atoms with Gasteiger partial charge in [-0.25, -0.2) is 9.78 Å². The minimum atomic E-state index is -1.10. The molecule has 0 spiro atoms. The van der Waals surface area contributed by atoms with Crippen LogP contribution < -0.4 is 10.2 Å². The zero-order chi connectivity index (χ0) is 16.1. The van der Waals surface area contributed by atoms with E-state index in [-0.39, 0.29) is 0 Å². The number of carbonyl (C=O) groups is 1. The van der Waals surface area contributed by atoms with E-state index in [9.17, 15) is 4.79 Å². The van der Waals surface area contributed by atoms with Gasteiger partial charge in [-0.05, 0) is 11.6 Å². The number of benzene rings is 1. The third-order valence-electron chi connectivity index (χ3n) is 3.96. The van der Waals surface area contributed by atoms with Crippen LogP contribution in [0.1, 0.15) is 5.56 Å². The fraction of sp³-hybridized carbons (Fsp3) is 0.294. The molecule has 2 heterocycles. The first-order valence-electron chi connectivity index (χ1n) is 7.68. The Hall–Kier alpha value is -2.60. The third-order valence-corrected chi connectivity index (χ3v) is 3.96. The molecular formula is C17H20N4O2. The van der Waals surface area contributed by atoms with Gasteiger partial charge in [-0.3, -0.25) is 10.2 Å². The van der Waals surface area contributed by atoms with Crippen LogP contribution >= 0.6 is 0 Å². The number of piperazine rings is 1. The van der Waals surface area contributed by atoms with Gasteiger partial charge in [0.05, 0.1) is 0 Å². The van der Waals surface area contributed by atoms with Crippen molar-refractivity contribution in [2.24, 2.45) is 0 Å². The van der Waals surface area contributed by atoms with Gasteiger partial charge in [0.2, 0.25) is 0 Å². The molecule has 6 heteroatoms. The summed E-state index contributed by atoms with van der Waals surface area (Å²) >= 11 is 0. The van der Waals surface area contributed by atoms with Crippen molar-refractivity contribution in [3.8, 4) is 0 Å². The van der Waals surface area contributed by atoms with Crippen LogP contribution in [0.15, 0.2) is 48.7 Å². The zero-order valence-corrected chi connectivity index (χ0v) is 12.9. The predicted octanol–water partition coefficient (Wildman–Crippen LogP) is 2.49. The number of pyridine rings is 1. The van der Waals surface area contributed by atoms with E-state index >= 15 is 0 Å². The van der Waals surface area contributed by atoms with Gasteiger partial charge in [0.1, 0.15) is 5.82 Å². The first kappa shape index (κ1) is 15.3. The number of aromatic nitrogens is 1. The molecule has 1 aromatic heterocycles. The Balaban J connectivity index is 1.57. The Kier molecular flexibility index (Phi) is 4.73. The Morgan fingerprint density at radius 3 is 2.57 bits per heavy atom. The van der Waals surface area contributed by atoms with Crippen molar-refractivity contribution in [3.05, 3.63) is 54.2 Å². The lowest BCUT2D eigenvalue weighted by Gasteiger charge is -2.36. The molecular weight excluding hydrogens is 292 g/mol. The number of anilines is 2. The molecule has 6 nitrogen and oxygen atoms in total. The average Bonchev–Trinajstić information content (AvgIpc) is 2.56. The third kappa shape index (κ3) is 4.20. The largest absolute Gasteiger partial charge is 0.465 e. The summed E-state index contributed by atoms with van der Waals surface area (Å²) in [5.41, 5.74) is 2.33. The summed E-state index contributed by atoms with van der Waals surface area (Å²) in [6.07, 6.45) is 0.541. The lowest BCUT2D eigenvalue weighted by atomic mass is 10.2. The number of carboxylic acid groups (broad SMARTS) is 1. The molecule has 1 amide bonds. The van der Waals surface area contributed by atoms with Crippen molar-refractivity contribution in [2.45, 2.75) is 6.54 Å². The average molecular weight is 312 g/mol. The van der Waals surface area contributed by atoms with E-state index in [0.717, 1.165) is 38.4 Å². The molecule has 1 aliphatic heterocycles. The van der Waals surface area contributed by atoms with Crippen molar-refractivity contribution in [1.82, 2.24) is 9.88 Å². The molecule has 1 aromatic carbocycles. The Labute approximate surface area is 135 Å². The second-order valence-corrected chi connectivity index (χ2v) is 5.58. The molecule has 3 rings (SSSR count). The van der Waals surface area contributed by atoms with Gasteiger partial charge in [0.25, 0.3) is 0 Å². The second kappa shape index (κ2) is 7.11. The summed E-state index contributed by atoms with van der Waals surface area (Å²) in [5, 5.41) is 11.1. The Morgan fingerprint density at radius 2 is 1.87 bits per heavy atom. The topological polar surface area (TPSA) is 68.7 Å². The van der Waals surface area contributed by atoms with Crippen LogP contribution in [0.4, 0.5) is 16.3 Å². The van der Waals surface area contributed by atoms with E-state index in [1.807, 2.05) is 12.1 Å². The number of nitrogens with zero attached hydrogens (tertiary/aromatic N) is 3. The molecule has 0 unspecified atom stereocenters. The molecule has 23 heavy (non-hydrogen) atoms. The summed E-state index contributed by atoms with van der Waals surface area (Å²) in [7, 11) is 0. The van der Waals surface area contributed by atoms with Crippen molar-refractivity contribution >= 4 is 17.6 Å². The maximum absolute atomic E-state index is 10.7. The first-order chi connectivity index (χ1) is 11.2. The van der Waals surface area contributed by atoms with Gasteiger partial charge in [-0.1, -0.05) is 30.3 Å². The number of nitrogens with one attached hydrogen (secondary N) is 1. The second-order valence-electron chi connectivity index (χ2n) is 5.58. The van der Waals surface area contributed by atoms with Gasteiger partial charge in [-0.15, -0.1) is 0 Å². The summed E-state index contributed by atoms with van der Waals surface area (Å²) in [4.78, 5) is 19.4. The van der Waals surface area contributed by atoms with Crippen LogP contribution in [0.5, 0.6) is 0 Å².